The molecule has 0 aliphatic carbocycles. The van der Waals surface area contributed by atoms with Crippen LogP contribution in [0.15, 0.2) is 11.6 Å². The maximum absolute atomic E-state index is 11.7. The van der Waals surface area contributed by atoms with Crippen molar-refractivity contribution in [2.24, 2.45) is 0 Å². The molecule has 0 unspecified atom stereocenters. The molecule has 0 aromatic carbocycles. The Morgan fingerprint density at radius 1 is 1.24 bits per heavy atom. The van der Waals surface area contributed by atoms with Crippen LogP contribution in [0.1, 0.15) is 54.9 Å². The summed E-state index contributed by atoms with van der Waals surface area (Å²) in [5.41, 5.74) is 0.821. The van der Waals surface area contributed by atoms with E-state index < -0.39 is 14.1 Å². The van der Waals surface area contributed by atoms with Crippen molar-refractivity contribution in [2.45, 2.75) is 91.0 Å². The van der Waals surface area contributed by atoms with Crippen LogP contribution < -0.4 is 0 Å². The average Bonchev–Trinajstić information content (AvgIpc) is 2.72. The molecule has 5 nitrogen and oxygen atoms in total. The van der Waals surface area contributed by atoms with Crippen LogP contribution in [0.5, 0.6) is 0 Å². The summed E-state index contributed by atoms with van der Waals surface area (Å²) in [5.74, 6) is -1.01. The first-order chi connectivity index (χ1) is 11.3. The highest BCUT2D eigenvalue weighted by molar-refractivity contribution is 6.74. The van der Waals surface area contributed by atoms with Gasteiger partial charge >= 0.3 is 5.97 Å². The fourth-order valence-electron chi connectivity index (χ4n) is 2.53. The number of hydrogen-bond donors (Lipinski definition) is 0. The summed E-state index contributed by atoms with van der Waals surface area (Å²) >= 11 is 0. The van der Waals surface area contributed by atoms with Gasteiger partial charge in [-0.15, -0.1) is 0 Å². The average molecular weight is 373 g/mol. The molecule has 1 aliphatic rings. The molecule has 146 valence electrons. The van der Waals surface area contributed by atoms with Crippen molar-refractivity contribution in [2.75, 3.05) is 13.2 Å². The molecule has 1 heterocycles. The molecule has 0 aromatic heterocycles. The van der Waals surface area contributed by atoms with Gasteiger partial charge in [0.05, 0.1) is 12.7 Å². The largest absolute Gasteiger partial charge is 0.463 e. The van der Waals surface area contributed by atoms with Crippen molar-refractivity contribution in [3.8, 4) is 0 Å². The van der Waals surface area contributed by atoms with E-state index in [1.54, 1.807) is 6.92 Å². The van der Waals surface area contributed by atoms with Gasteiger partial charge in [-0.1, -0.05) is 20.8 Å². The van der Waals surface area contributed by atoms with Gasteiger partial charge in [0.1, 0.15) is 6.10 Å². The highest BCUT2D eigenvalue weighted by atomic mass is 28.4. The number of hydrogen-bond acceptors (Lipinski definition) is 5. The maximum Gasteiger partial charge on any atom is 0.330 e. The van der Waals surface area contributed by atoms with Crippen LogP contribution in [0.4, 0.5) is 0 Å². The lowest BCUT2D eigenvalue weighted by molar-refractivity contribution is -0.145. The lowest BCUT2D eigenvalue weighted by Gasteiger charge is -2.36. The molecule has 1 aliphatic heterocycles. The molecule has 1 fully saturated rings. The van der Waals surface area contributed by atoms with E-state index in [-0.39, 0.29) is 23.2 Å². The topological polar surface area (TPSA) is 54.0 Å². The highest BCUT2D eigenvalue weighted by Gasteiger charge is 2.43. The van der Waals surface area contributed by atoms with Gasteiger partial charge < -0.3 is 18.6 Å². The van der Waals surface area contributed by atoms with Crippen LogP contribution in [0.3, 0.4) is 0 Å². The van der Waals surface area contributed by atoms with Crippen molar-refractivity contribution in [3.05, 3.63) is 11.6 Å². The van der Waals surface area contributed by atoms with Crippen molar-refractivity contribution < 1.29 is 23.4 Å². The molecule has 2 atom stereocenters. The fourth-order valence-corrected chi connectivity index (χ4v) is 3.59. The van der Waals surface area contributed by atoms with Gasteiger partial charge in [-0.25, -0.2) is 4.79 Å². The first-order valence-corrected chi connectivity index (χ1v) is 12.0. The number of rotatable bonds is 7. The van der Waals surface area contributed by atoms with Crippen LogP contribution in [-0.2, 0) is 23.4 Å². The standard InChI is InChI=1S/C19H36O5Si/c1-10-21-16(20)13-14(2)17-15(23-19(6,7)24-17)11-12-22-25(8,9)18(3,4)5/h13,15,17H,10-12H2,1-9H3/b14-13+/t15-,17-/m0/s1. The number of carbonyl (C=O) groups excluding carboxylic acids is 1. The summed E-state index contributed by atoms with van der Waals surface area (Å²) in [6, 6.07) is 0. The monoisotopic (exact) mass is 372 g/mol. The zero-order valence-electron chi connectivity index (χ0n) is 17.4. The SMILES string of the molecule is CCOC(=O)/C=C(\C)[C@@H]1OC(C)(C)O[C@H]1CCO[Si](C)(C)C(C)(C)C. The zero-order chi connectivity index (χ0) is 19.5. The second-order valence-electron chi connectivity index (χ2n) is 8.63. The van der Waals surface area contributed by atoms with Gasteiger partial charge in [0.15, 0.2) is 14.1 Å². The molecule has 0 radical (unpaired) electrons. The third-order valence-corrected chi connectivity index (χ3v) is 9.47. The lowest BCUT2D eigenvalue weighted by Crippen LogP contribution is -2.41. The van der Waals surface area contributed by atoms with Crippen molar-refractivity contribution in [1.29, 1.82) is 0 Å². The molecular formula is C19H36O5Si. The Morgan fingerprint density at radius 2 is 1.84 bits per heavy atom. The van der Waals surface area contributed by atoms with Gasteiger partial charge in [0.25, 0.3) is 0 Å². The Labute approximate surface area is 154 Å². The number of carbonyl (C=O) groups is 1. The van der Waals surface area contributed by atoms with Crippen LogP contribution >= 0.6 is 0 Å². The van der Waals surface area contributed by atoms with E-state index in [1.807, 2.05) is 20.8 Å². The molecular weight excluding hydrogens is 336 g/mol. The summed E-state index contributed by atoms with van der Waals surface area (Å²) < 4.78 is 23.3. The Morgan fingerprint density at radius 3 is 2.36 bits per heavy atom. The molecule has 0 saturated carbocycles. The summed E-state index contributed by atoms with van der Waals surface area (Å²) in [6.45, 7) is 19.6. The quantitative estimate of drug-likeness (QED) is 0.376. The van der Waals surface area contributed by atoms with Gasteiger partial charge in [0.2, 0.25) is 0 Å². The van der Waals surface area contributed by atoms with Crippen LogP contribution in [-0.4, -0.2) is 45.5 Å². The lowest BCUT2D eigenvalue weighted by atomic mass is 10.0. The van der Waals surface area contributed by atoms with Crippen LogP contribution in [0, 0.1) is 0 Å². The minimum absolute atomic E-state index is 0.134. The molecule has 0 spiro atoms. The number of esters is 1. The summed E-state index contributed by atoms with van der Waals surface area (Å²) in [4.78, 5) is 11.7. The second-order valence-corrected chi connectivity index (χ2v) is 13.4. The van der Waals surface area contributed by atoms with Gasteiger partial charge in [0, 0.05) is 12.7 Å². The van der Waals surface area contributed by atoms with E-state index >= 15 is 0 Å². The third kappa shape index (κ3) is 6.51. The Bertz CT molecular complexity index is 491. The minimum Gasteiger partial charge on any atom is -0.463 e. The normalized spacial score (nSPS) is 24.4. The van der Waals surface area contributed by atoms with Crippen molar-refractivity contribution in [1.82, 2.24) is 0 Å². The number of ether oxygens (including phenoxy) is 3. The summed E-state index contributed by atoms with van der Waals surface area (Å²) in [6.07, 6.45) is 1.84. The smallest absolute Gasteiger partial charge is 0.330 e. The van der Waals surface area contributed by atoms with Gasteiger partial charge in [-0.3, -0.25) is 0 Å². The molecule has 0 aromatic rings. The first-order valence-electron chi connectivity index (χ1n) is 9.13. The second kappa shape index (κ2) is 8.33. The van der Waals surface area contributed by atoms with Gasteiger partial charge in [-0.05, 0) is 57.8 Å². The fraction of sp³-hybridized carbons (Fsp3) is 0.842. The van der Waals surface area contributed by atoms with Gasteiger partial charge in [-0.2, -0.15) is 0 Å². The summed E-state index contributed by atoms with van der Waals surface area (Å²) in [7, 11) is -1.78. The Balaban J connectivity index is 2.74. The van der Waals surface area contributed by atoms with Crippen molar-refractivity contribution >= 4 is 14.3 Å². The molecule has 6 heteroatoms. The molecule has 1 rings (SSSR count). The predicted molar refractivity (Wildman–Crippen MR) is 102 cm³/mol. The van der Waals surface area contributed by atoms with Crippen LogP contribution in [0.2, 0.25) is 18.1 Å². The van der Waals surface area contributed by atoms with E-state index in [9.17, 15) is 4.79 Å². The Kier molecular flexibility index (Phi) is 7.45. The minimum atomic E-state index is -1.78. The zero-order valence-corrected chi connectivity index (χ0v) is 18.4. The van der Waals surface area contributed by atoms with E-state index in [1.165, 1.54) is 6.08 Å². The molecule has 0 N–H and O–H groups in total. The highest BCUT2D eigenvalue weighted by Crippen LogP contribution is 2.38. The molecule has 1 saturated heterocycles. The molecule has 0 bridgehead atoms. The maximum atomic E-state index is 11.7. The van der Waals surface area contributed by atoms with Crippen LogP contribution in [0.25, 0.3) is 0 Å². The van der Waals surface area contributed by atoms with E-state index in [4.69, 9.17) is 18.6 Å². The summed E-state index contributed by atoms with van der Waals surface area (Å²) in [5, 5.41) is 0.179. The van der Waals surface area contributed by atoms with E-state index in [0.29, 0.717) is 13.2 Å². The van der Waals surface area contributed by atoms with E-state index in [0.717, 1.165) is 12.0 Å². The predicted octanol–water partition coefficient (Wildman–Crippen LogP) is 4.43. The van der Waals surface area contributed by atoms with Crippen molar-refractivity contribution in [3.63, 3.8) is 0 Å². The molecule has 25 heavy (non-hydrogen) atoms. The Hall–Kier alpha value is -0.693. The molecule has 0 amide bonds. The van der Waals surface area contributed by atoms with E-state index in [2.05, 4.69) is 33.9 Å². The first kappa shape index (κ1) is 22.3. The third-order valence-electron chi connectivity index (χ3n) is 4.94.